The molecule has 0 aliphatic rings. The summed E-state index contributed by atoms with van der Waals surface area (Å²) in [4.78, 5) is 10.7. The lowest BCUT2D eigenvalue weighted by molar-refractivity contribution is 0.139. The van der Waals surface area contributed by atoms with Crippen molar-refractivity contribution in [1.82, 2.24) is 14.9 Å². The van der Waals surface area contributed by atoms with Crippen molar-refractivity contribution in [3.63, 3.8) is 0 Å². The summed E-state index contributed by atoms with van der Waals surface area (Å²) in [6.07, 6.45) is 1.51. The molecule has 0 unspecified atom stereocenters. The van der Waals surface area contributed by atoms with Crippen molar-refractivity contribution in [2.75, 3.05) is 25.0 Å². The lowest BCUT2D eigenvalue weighted by Crippen LogP contribution is -2.39. The van der Waals surface area contributed by atoms with Crippen LogP contribution in [0.1, 0.15) is 34.6 Å². The van der Waals surface area contributed by atoms with Crippen molar-refractivity contribution in [3.8, 4) is 5.88 Å². The molecule has 0 fully saturated rings. The Bertz CT molecular complexity index is 404. The molecule has 0 aliphatic heterocycles. The first-order valence-electron chi connectivity index (χ1n) is 7.10. The minimum Gasteiger partial charge on any atom is -0.475 e. The molecular weight excluding hydrogens is 320 g/mol. The van der Waals surface area contributed by atoms with E-state index >= 15 is 0 Å². The number of anilines is 1. The molecule has 0 aromatic carbocycles. The molecule has 0 amide bonds. The maximum atomic E-state index is 5.77. The average Bonchev–Trinajstić information content (AvgIpc) is 2.38. The lowest BCUT2D eigenvalue weighted by atomic mass is 10.2. The second kappa shape index (κ2) is 8.42. The van der Waals surface area contributed by atoms with E-state index in [4.69, 9.17) is 4.74 Å². The third-order valence-electron chi connectivity index (χ3n) is 3.02. The van der Waals surface area contributed by atoms with Gasteiger partial charge in [0.2, 0.25) is 5.88 Å². The number of nitrogens with one attached hydrogen (secondary N) is 1. The molecule has 1 aromatic rings. The van der Waals surface area contributed by atoms with Crippen LogP contribution < -0.4 is 10.1 Å². The molecule has 1 aromatic heterocycles. The fraction of sp³-hybridized carbons (Fsp3) is 0.714. The van der Waals surface area contributed by atoms with Gasteiger partial charge in [0.25, 0.3) is 0 Å². The molecule has 0 atom stereocenters. The summed E-state index contributed by atoms with van der Waals surface area (Å²) < 4.78 is 6.56. The number of hydrogen-bond donors (Lipinski definition) is 1. The summed E-state index contributed by atoms with van der Waals surface area (Å²) in [7, 11) is 0. The van der Waals surface area contributed by atoms with E-state index in [1.165, 1.54) is 6.33 Å². The first-order chi connectivity index (χ1) is 9.47. The molecule has 0 spiro atoms. The van der Waals surface area contributed by atoms with Crippen LogP contribution in [0.4, 0.5) is 5.82 Å². The second-order valence-corrected chi connectivity index (χ2v) is 5.94. The Morgan fingerprint density at radius 2 is 1.90 bits per heavy atom. The maximum absolute atomic E-state index is 5.77. The fourth-order valence-corrected chi connectivity index (χ4v) is 2.56. The van der Waals surface area contributed by atoms with Gasteiger partial charge in [0, 0.05) is 25.2 Å². The number of halogens is 1. The topological polar surface area (TPSA) is 50.3 Å². The van der Waals surface area contributed by atoms with Crippen LogP contribution in [0.5, 0.6) is 5.88 Å². The molecule has 1 rings (SSSR count). The highest BCUT2D eigenvalue weighted by atomic mass is 79.9. The van der Waals surface area contributed by atoms with Crippen molar-refractivity contribution in [2.45, 2.75) is 46.7 Å². The van der Waals surface area contributed by atoms with Crippen molar-refractivity contribution in [2.24, 2.45) is 0 Å². The molecule has 0 saturated heterocycles. The quantitative estimate of drug-likeness (QED) is 0.784. The molecule has 1 N–H and O–H groups in total. The highest BCUT2D eigenvalue weighted by Gasteiger charge is 2.14. The fourth-order valence-electron chi connectivity index (χ4n) is 2.11. The van der Waals surface area contributed by atoms with Crippen LogP contribution in [0.25, 0.3) is 0 Å². The van der Waals surface area contributed by atoms with E-state index in [-0.39, 0.29) is 0 Å². The minimum absolute atomic E-state index is 0.504. The number of rotatable bonds is 8. The van der Waals surface area contributed by atoms with E-state index in [0.29, 0.717) is 24.6 Å². The number of hydrogen-bond acceptors (Lipinski definition) is 5. The molecular formula is C14H25BrN4O. The van der Waals surface area contributed by atoms with E-state index in [2.05, 4.69) is 63.8 Å². The molecule has 0 aliphatic carbocycles. The Hall–Kier alpha value is -0.880. The standard InChI is InChI=1S/C14H25BrN4O/c1-6-16-13-12(15)14(18-9-17-13)20-8-7-19(10(2)3)11(4)5/h9-11H,6-8H2,1-5H3,(H,16,17,18). The monoisotopic (exact) mass is 344 g/mol. The minimum atomic E-state index is 0.504. The van der Waals surface area contributed by atoms with Crippen LogP contribution in [0.15, 0.2) is 10.8 Å². The van der Waals surface area contributed by atoms with Gasteiger partial charge < -0.3 is 10.1 Å². The van der Waals surface area contributed by atoms with Gasteiger partial charge in [-0.1, -0.05) is 0 Å². The predicted molar refractivity (Wildman–Crippen MR) is 86.4 cm³/mol. The summed E-state index contributed by atoms with van der Waals surface area (Å²) in [5, 5.41) is 3.16. The van der Waals surface area contributed by atoms with Gasteiger partial charge in [-0.15, -0.1) is 0 Å². The zero-order valence-corrected chi connectivity index (χ0v) is 14.6. The number of aromatic nitrogens is 2. The van der Waals surface area contributed by atoms with Crippen LogP contribution in [0, 0.1) is 0 Å². The van der Waals surface area contributed by atoms with Gasteiger partial charge in [-0.25, -0.2) is 9.97 Å². The third-order valence-corrected chi connectivity index (χ3v) is 3.73. The normalized spacial score (nSPS) is 11.4. The van der Waals surface area contributed by atoms with Crippen LogP contribution in [0.3, 0.4) is 0 Å². The van der Waals surface area contributed by atoms with E-state index in [9.17, 15) is 0 Å². The molecule has 0 radical (unpaired) electrons. The summed E-state index contributed by atoms with van der Waals surface area (Å²) in [6.45, 7) is 13.1. The van der Waals surface area contributed by atoms with Gasteiger partial charge in [-0.05, 0) is 50.5 Å². The molecule has 0 saturated carbocycles. The van der Waals surface area contributed by atoms with E-state index in [1.807, 2.05) is 6.92 Å². The van der Waals surface area contributed by atoms with E-state index in [0.717, 1.165) is 23.4 Å². The van der Waals surface area contributed by atoms with Crippen LogP contribution in [0.2, 0.25) is 0 Å². The molecule has 5 nitrogen and oxygen atoms in total. The largest absolute Gasteiger partial charge is 0.475 e. The SMILES string of the molecule is CCNc1ncnc(OCCN(C(C)C)C(C)C)c1Br. The Kier molecular flexibility index (Phi) is 7.23. The summed E-state index contributed by atoms with van der Waals surface area (Å²) >= 11 is 3.48. The smallest absolute Gasteiger partial charge is 0.233 e. The predicted octanol–water partition coefficient (Wildman–Crippen LogP) is 3.17. The third kappa shape index (κ3) is 4.90. The Morgan fingerprint density at radius 1 is 1.25 bits per heavy atom. The second-order valence-electron chi connectivity index (χ2n) is 5.15. The zero-order valence-electron chi connectivity index (χ0n) is 13.0. The van der Waals surface area contributed by atoms with Crippen LogP contribution >= 0.6 is 15.9 Å². The highest BCUT2D eigenvalue weighted by molar-refractivity contribution is 9.10. The van der Waals surface area contributed by atoms with Crippen molar-refractivity contribution >= 4 is 21.7 Å². The Labute approximate surface area is 130 Å². The van der Waals surface area contributed by atoms with Crippen LogP contribution in [-0.2, 0) is 0 Å². The van der Waals surface area contributed by atoms with Crippen molar-refractivity contribution in [3.05, 3.63) is 10.8 Å². The Morgan fingerprint density at radius 3 is 2.45 bits per heavy atom. The van der Waals surface area contributed by atoms with Crippen LogP contribution in [-0.4, -0.2) is 46.6 Å². The van der Waals surface area contributed by atoms with Gasteiger partial charge >= 0.3 is 0 Å². The van der Waals surface area contributed by atoms with Gasteiger partial charge in [0.1, 0.15) is 23.2 Å². The van der Waals surface area contributed by atoms with Gasteiger partial charge in [0.05, 0.1) is 0 Å². The summed E-state index contributed by atoms with van der Waals surface area (Å²) in [6, 6.07) is 1.01. The number of nitrogens with zero attached hydrogens (tertiary/aromatic N) is 3. The van der Waals surface area contributed by atoms with E-state index < -0.39 is 0 Å². The van der Waals surface area contributed by atoms with E-state index in [1.54, 1.807) is 0 Å². The molecule has 6 heteroatoms. The number of ether oxygens (including phenoxy) is 1. The van der Waals surface area contributed by atoms with Gasteiger partial charge in [-0.2, -0.15) is 0 Å². The van der Waals surface area contributed by atoms with Crippen molar-refractivity contribution < 1.29 is 4.74 Å². The average molecular weight is 345 g/mol. The first-order valence-corrected chi connectivity index (χ1v) is 7.89. The van der Waals surface area contributed by atoms with Gasteiger partial charge in [-0.3, -0.25) is 4.90 Å². The lowest BCUT2D eigenvalue weighted by Gasteiger charge is -2.30. The molecule has 20 heavy (non-hydrogen) atoms. The summed E-state index contributed by atoms with van der Waals surface area (Å²) in [5.74, 6) is 1.35. The van der Waals surface area contributed by atoms with Gasteiger partial charge in [0.15, 0.2) is 0 Å². The summed E-state index contributed by atoms with van der Waals surface area (Å²) in [5.41, 5.74) is 0. The molecule has 114 valence electrons. The first kappa shape index (κ1) is 17.2. The Balaban J connectivity index is 2.59. The highest BCUT2D eigenvalue weighted by Crippen LogP contribution is 2.28. The molecule has 1 heterocycles. The van der Waals surface area contributed by atoms with Crippen molar-refractivity contribution in [1.29, 1.82) is 0 Å². The zero-order chi connectivity index (χ0) is 15.1. The molecule has 0 bridgehead atoms. The maximum Gasteiger partial charge on any atom is 0.233 e.